The molecule has 3 fully saturated rings. The Morgan fingerprint density at radius 3 is 2.61 bits per heavy atom. The number of nitrogens with zero attached hydrogens (tertiary/aromatic N) is 5. The van der Waals surface area contributed by atoms with Crippen molar-refractivity contribution in [3.63, 3.8) is 0 Å². The van der Waals surface area contributed by atoms with Crippen molar-refractivity contribution in [2.45, 2.75) is 31.7 Å². The lowest BCUT2D eigenvalue weighted by Gasteiger charge is -2.27. The van der Waals surface area contributed by atoms with Crippen LogP contribution >= 0.6 is 0 Å². The maximum atomic E-state index is 5.51. The van der Waals surface area contributed by atoms with Gasteiger partial charge in [-0.25, -0.2) is 4.98 Å². The molecule has 31 heavy (non-hydrogen) atoms. The van der Waals surface area contributed by atoms with Gasteiger partial charge in [-0.05, 0) is 67.7 Å². The number of ether oxygens (including phenoxy) is 1. The van der Waals surface area contributed by atoms with Gasteiger partial charge in [-0.2, -0.15) is 0 Å². The van der Waals surface area contributed by atoms with E-state index in [-0.39, 0.29) is 0 Å². The lowest BCUT2D eigenvalue weighted by Crippen LogP contribution is -2.32. The van der Waals surface area contributed by atoms with Gasteiger partial charge in [0.15, 0.2) is 0 Å². The van der Waals surface area contributed by atoms with Crippen LogP contribution in [0.5, 0.6) is 0 Å². The summed E-state index contributed by atoms with van der Waals surface area (Å²) in [4.78, 5) is 7.01. The number of fused-ring (bicyclic) bond motifs is 2. The third-order valence-electron chi connectivity index (χ3n) is 7.38. The number of nitrogens with one attached hydrogen (secondary N) is 1. The largest absolute Gasteiger partial charge is 0.381 e. The molecule has 3 aromatic rings. The van der Waals surface area contributed by atoms with Crippen LogP contribution in [-0.4, -0.2) is 63.4 Å². The minimum absolute atomic E-state index is 0.516. The normalized spacial score (nSPS) is 27.0. The molecule has 3 aromatic heterocycles. The maximum Gasteiger partial charge on any atom is 0.148 e. The molecule has 0 radical (unpaired) electrons. The molecule has 1 aliphatic carbocycles. The Labute approximate surface area is 182 Å². The van der Waals surface area contributed by atoms with E-state index in [0.29, 0.717) is 6.04 Å². The summed E-state index contributed by atoms with van der Waals surface area (Å²) in [5.74, 6) is 3.37. The van der Waals surface area contributed by atoms with Gasteiger partial charge in [0.1, 0.15) is 11.5 Å². The fourth-order valence-electron chi connectivity index (χ4n) is 5.80. The molecule has 5 heterocycles. The van der Waals surface area contributed by atoms with E-state index in [2.05, 4.69) is 37.5 Å². The third-order valence-corrected chi connectivity index (χ3v) is 7.38. The first kappa shape index (κ1) is 19.2. The number of aromatic nitrogens is 4. The SMILES string of the molecule is c1cn2cc(-c3ccc(N[C@H]4C[C@@H]5CN(CC6CCOCC6)C[C@@H]5C4)nn3)ccc2n1. The molecule has 2 aliphatic heterocycles. The van der Waals surface area contributed by atoms with Gasteiger partial charge < -0.3 is 19.4 Å². The quantitative estimate of drug-likeness (QED) is 0.686. The predicted molar refractivity (Wildman–Crippen MR) is 120 cm³/mol. The molecule has 7 heteroatoms. The van der Waals surface area contributed by atoms with Crippen molar-refractivity contribution in [1.29, 1.82) is 0 Å². The molecule has 162 valence electrons. The highest BCUT2D eigenvalue weighted by atomic mass is 16.5. The second-order valence-electron chi connectivity index (χ2n) is 9.52. The molecule has 0 unspecified atom stereocenters. The smallest absolute Gasteiger partial charge is 0.148 e. The summed E-state index contributed by atoms with van der Waals surface area (Å²) in [7, 11) is 0. The van der Waals surface area contributed by atoms with Crippen LogP contribution in [0, 0.1) is 17.8 Å². The Kier molecular flexibility index (Phi) is 5.08. The zero-order chi connectivity index (χ0) is 20.6. The molecule has 1 N–H and O–H groups in total. The van der Waals surface area contributed by atoms with Gasteiger partial charge in [0.05, 0.1) is 5.69 Å². The van der Waals surface area contributed by atoms with Gasteiger partial charge in [0.2, 0.25) is 0 Å². The first-order valence-electron chi connectivity index (χ1n) is 11.6. The average Bonchev–Trinajstić information content (AvgIpc) is 3.49. The highest BCUT2D eigenvalue weighted by Gasteiger charge is 2.41. The highest BCUT2D eigenvalue weighted by molar-refractivity contribution is 5.61. The summed E-state index contributed by atoms with van der Waals surface area (Å²) in [6.45, 7) is 5.71. The van der Waals surface area contributed by atoms with E-state index < -0.39 is 0 Å². The van der Waals surface area contributed by atoms with E-state index in [4.69, 9.17) is 4.74 Å². The first-order valence-corrected chi connectivity index (χ1v) is 11.6. The van der Waals surface area contributed by atoms with Crippen molar-refractivity contribution in [2.75, 3.05) is 38.2 Å². The zero-order valence-corrected chi connectivity index (χ0v) is 17.9. The number of hydrogen-bond donors (Lipinski definition) is 1. The molecule has 1 saturated carbocycles. The molecule has 2 saturated heterocycles. The van der Waals surface area contributed by atoms with Crippen LogP contribution in [0.15, 0.2) is 42.9 Å². The Balaban J connectivity index is 1.03. The molecule has 0 spiro atoms. The zero-order valence-electron chi connectivity index (χ0n) is 17.9. The summed E-state index contributed by atoms with van der Waals surface area (Å²) < 4.78 is 7.52. The summed E-state index contributed by atoms with van der Waals surface area (Å²) >= 11 is 0. The van der Waals surface area contributed by atoms with Crippen LogP contribution in [-0.2, 0) is 4.74 Å². The van der Waals surface area contributed by atoms with Crippen molar-refractivity contribution in [2.24, 2.45) is 17.8 Å². The molecule has 0 bridgehead atoms. The van der Waals surface area contributed by atoms with E-state index in [1.54, 1.807) is 6.20 Å². The predicted octanol–water partition coefficient (Wildman–Crippen LogP) is 3.34. The van der Waals surface area contributed by atoms with Crippen LogP contribution in [0.3, 0.4) is 0 Å². The lowest BCUT2D eigenvalue weighted by molar-refractivity contribution is 0.0545. The standard InChI is InChI=1S/C24H30N6O/c1-4-24-25-7-8-30(24)16-18(1)22-2-3-23(28-27-22)26-21-11-19-14-29(15-20(19)12-21)13-17-5-9-31-10-6-17/h1-4,7-8,16-17,19-21H,5-6,9-15H2,(H,26,28)/t19-,20+,21+. The van der Waals surface area contributed by atoms with Gasteiger partial charge in [-0.15, -0.1) is 10.2 Å². The van der Waals surface area contributed by atoms with Gasteiger partial charge in [0, 0.05) is 63.0 Å². The fourth-order valence-corrected chi connectivity index (χ4v) is 5.80. The second-order valence-corrected chi connectivity index (χ2v) is 9.52. The number of anilines is 1. The van der Waals surface area contributed by atoms with Crippen LogP contribution in [0.25, 0.3) is 16.9 Å². The second kappa shape index (κ2) is 8.20. The Hall–Kier alpha value is -2.51. The van der Waals surface area contributed by atoms with Crippen LogP contribution < -0.4 is 5.32 Å². The van der Waals surface area contributed by atoms with Gasteiger partial charge in [-0.3, -0.25) is 0 Å². The van der Waals surface area contributed by atoms with Gasteiger partial charge >= 0.3 is 0 Å². The summed E-state index contributed by atoms with van der Waals surface area (Å²) in [5.41, 5.74) is 2.87. The molecule has 0 amide bonds. The average molecular weight is 419 g/mol. The van der Waals surface area contributed by atoms with E-state index in [1.807, 2.05) is 28.9 Å². The monoisotopic (exact) mass is 418 g/mol. The topological polar surface area (TPSA) is 67.6 Å². The molecular formula is C24H30N6O. The van der Waals surface area contributed by atoms with Crippen LogP contribution in [0.1, 0.15) is 25.7 Å². The Morgan fingerprint density at radius 1 is 1.00 bits per heavy atom. The van der Waals surface area contributed by atoms with Crippen molar-refractivity contribution in [1.82, 2.24) is 24.5 Å². The van der Waals surface area contributed by atoms with Crippen LogP contribution in [0.4, 0.5) is 5.82 Å². The van der Waals surface area contributed by atoms with Crippen molar-refractivity contribution in [3.8, 4) is 11.3 Å². The van der Waals surface area contributed by atoms with E-state index in [9.17, 15) is 0 Å². The minimum Gasteiger partial charge on any atom is -0.381 e. The molecule has 3 aliphatic rings. The van der Waals surface area contributed by atoms with E-state index >= 15 is 0 Å². The van der Waals surface area contributed by atoms with Crippen molar-refractivity contribution < 1.29 is 4.74 Å². The number of hydrogen-bond acceptors (Lipinski definition) is 6. The Bertz CT molecular complexity index is 1010. The summed E-state index contributed by atoms with van der Waals surface area (Å²) in [5, 5.41) is 12.6. The summed E-state index contributed by atoms with van der Waals surface area (Å²) in [6.07, 6.45) is 10.8. The molecule has 3 atom stereocenters. The lowest BCUT2D eigenvalue weighted by atomic mass is 10.00. The third kappa shape index (κ3) is 4.04. The number of rotatable bonds is 5. The number of pyridine rings is 1. The van der Waals surface area contributed by atoms with Gasteiger partial charge in [0.25, 0.3) is 0 Å². The minimum atomic E-state index is 0.516. The molecular weight excluding hydrogens is 388 g/mol. The van der Waals surface area contributed by atoms with Crippen molar-refractivity contribution in [3.05, 3.63) is 42.9 Å². The number of imidazole rings is 1. The van der Waals surface area contributed by atoms with Crippen LogP contribution in [0.2, 0.25) is 0 Å². The van der Waals surface area contributed by atoms with Crippen molar-refractivity contribution >= 4 is 11.5 Å². The number of likely N-dealkylation sites (tertiary alicyclic amines) is 1. The molecule has 7 nitrogen and oxygen atoms in total. The molecule has 0 aromatic carbocycles. The highest BCUT2D eigenvalue weighted by Crippen LogP contribution is 2.39. The van der Waals surface area contributed by atoms with E-state index in [0.717, 1.165) is 53.7 Å². The summed E-state index contributed by atoms with van der Waals surface area (Å²) in [6, 6.07) is 8.68. The Morgan fingerprint density at radius 2 is 1.84 bits per heavy atom. The first-order chi connectivity index (χ1) is 15.3. The maximum absolute atomic E-state index is 5.51. The van der Waals surface area contributed by atoms with Gasteiger partial charge in [-0.1, -0.05) is 0 Å². The fraction of sp³-hybridized carbons (Fsp3) is 0.542. The van der Waals surface area contributed by atoms with E-state index in [1.165, 1.54) is 45.3 Å². The molecule has 6 rings (SSSR count).